The number of nitrogen functional groups attached to an aromatic ring is 2. The number of fused-ring (bicyclic) bond motifs is 2. The average Bonchev–Trinajstić information content (AvgIpc) is 3.70. The van der Waals surface area contributed by atoms with E-state index in [1.807, 2.05) is 61.2 Å². The van der Waals surface area contributed by atoms with Crippen LogP contribution in [0.2, 0.25) is 0 Å². The molecule has 0 aliphatic carbocycles. The molecule has 2 aliphatic heterocycles. The molecule has 3 aromatic carbocycles. The minimum atomic E-state index is 0.128. The predicted octanol–water partition coefficient (Wildman–Crippen LogP) is 6.20. The molecule has 0 radical (unpaired) electrons. The largest absolute Gasteiger partial charge is 0.492 e. The Kier molecular flexibility index (Phi) is 8.59. The van der Waals surface area contributed by atoms with Gasteiger partial charge in [0, 0.05) is 31.7 Å². The summed E-state index contributed by atoms with van der Waals surface area (Å²) < 4.78 is 24.1. The molecule has 2 aliphatic rings. The van der Waals surface area contributed by atoms with Crippen molar-refractivity contribution in [1.82, 2.24) is 19.8 Å². The first-order valence-electron chi connectivity index (χ1n) is 16.4. The number of hydrogen-bond donors (Lipinski definition) is 2. The molecular weight excluding hydrogens is 582 g/mol. The van der Waals surface area contributed by atoms with Crippen LogP contribution in [0, 0.1) is 0 Å². The van der Waals surface area contributed by atoms with E-state index in [4.69, 9.17) is 39.7 Å². The summed E-state index contributed by atoms with van der Waals surface area (Å²) >= 11 is 0. The number of nitrogens with zero attached hydrogens (tertiary/aromatic N) is 5. The van der Waals surface area contributed by atoms with Crippen LogP contribution in [0.5, 0.6) is 11.5 Å². The van der Waals surface area contributed by atoms with Crippen LogP contribution in [0.25, 0.3) is 22.2 Å². The van der Waals surface area contributed by atoms with Crippen molar-refractivity contribution in [2.45, 2.75) is 58.2 Å². The van der Waals surface area contributed by atoms with Gasteiger partial charge in [0.1, 0.15) is 28.2 Å². The second-order valence-corrected chi connectivity index (χ2v) is 12.2. The lowest BCUT2D eigenvalue weighted by Gasteiger charge is -2.43. The SMILES string of the molecule is CCOc1cc(CN2CCC(N3CCC(N(c4nc5ccccc5o4)c4nc5c(N)cccc5o4)CC3)CC2)cc(OCC)c1N. The first kappa shape index (κ1) is 30.2. The highest BCUT2D eigenvalue weighted by atomic mass is 16.5. The Balaban J connectivity index is 1.02. The third-order valence-corrected chi connectivity index (χ3v) is 9.24. The van der Waals surface area contributed by atoms with E-state index in [0.717, 1.165) is 69.5 Å². The number of oxazole rings is 2. The van der Waals surface area contributed by atoms with E-state index in [-0.39, 0.29) is 6.04 Å². The molecule has 7 rings (SSSR count). The second-order valence-electron chi connectivity index (χ2n) is 12.2. The van der Waals surface area contributed by atoms with E-state index in [0.29, 0.717) is 65.3 Å². The van der Waals surface area contributed by atoms with Crippen molar-refractivity contribution in [3.05, 3.63) is 60.2 Å². The van der Waals surface area contributed by atoms with Crippen molar-refractivity contribution in [3.63, 3.8) is 0 Å². The van der Waals surface area contributed by atoms with E-state index in [9.17, 15) is 0 Å². The molecule has 0 atom stereocenters. The smallest absolute Gasteiger partial charge is 0.307 e. The number of para-hydroxylation sites is 3. The number of ether oxygens (including phenoxy) is 2. The quantitative estimate of drug-likeness (QED) is 0.172. The summed E-state index contributed by atoms with van der Waals surface area (Å²) in [6, 6.07) is 19.2. The monoisotopic (exact) mass is 625 g/mol. The molecule has 4 heterocycles. The van der Waals surface area contributed by atoms with Gasteiger partial charge in [-0.2, -0.15) is 9.97 Å². The fourth-order valence-electron chi connectivity index (χ4n) is 6.92. The zero-order chi connectivity index (χ0) is 31.6. The molecule has 0 saturated carbocycles. The molecule has 4 N–H and O–H groups in total. The number of nitrogens with two attached hydrogens (primary N) is 2. The van der Waals surface area contributed by atoms with Gasteiger partial charge >= 0.3 is 12.0 Å². The molecule has 2 aromatic heterocycles. The Morgan fingerprint density at radius 1 is 0.804 bits per heavy atom. The van der Waals surface area contributed by atoms with E-state index in [2.05, 4.69) is 21.9 Å². The number of piperidine rings is 2. The minimum Gasteiger partial charge on any atom is -0.492 e. The third-order valence-electron chi connectivity index (χ3n) is 9.24. The van der Waals surface area contributed by atoms with Crippen LogP contribution in [-0.4, -0.2) is 71.2 Å². The molecule has 11 nitrogen and oxygen atoms in total. The number of anilines is 4. The minimum absolute atomic E-state index is 0.128. The Morgan fingerprint density at radius 3 is 2.13 bits per heavy atom. The molecule has 0 amide bonds. The van der Waals surface area contributed by atoms with E-state index >= 15 is 0 Å². The number of rotatable bonds is 10. The van der Waals surface area contributed by atoms with Crippen molar-refractivity contribution in [2.75, 3.05) is 55.8 Å². The number of hydrogen-bond acceptors (Lipinski definition) is 11. The maximum absolute atomic E-state index is 6.30. The van der Waals surface area contributed by atoms with Gasteiger partial charge in [-0.1, -0.05) is 18.2 Å². The first-order chi connectivity index (χ1) is 22.5. The van der Waals surface area contributed by atoms with Gasteiger partial charge in [0.2, 0.25) is 0 Å². The summed E-state index contributed by atoms with van der Waals surface area (Å²) in [5.74, 6) is 1.41. The zero-order valence-corrected chi connectivity index (χ0v) is 26.7. The van der Waals surface area contributed by atoms with Gasteiger partial charge < -0.3 is 34.7 Å². The fourth-order valence-corrected chi connectivity index (χ4v) is 6.92. The highest BCUT2D eigenvalue weighted by molar-refractivity contribution is 5.87. The molecule has 242 valence electrons. The summed E-state index contributed by atoms with van der Waals surface area (Å²) in [7, 11) is 0. The van der Waals surface area contributed by atoms with Crippen molar-refractivity contribution < 1.29 is 18.3 Å². The summed E-state index contributed by atoms with van der Waals surface area (Å²) in [4.78, 5) is 16.9. The lowest BCUT2D eigenvalue weighted by molar-refractivity contribution is 0.0843. The van der Waals surface area contributed by atoms with Crippen LogP contribution in [0.1, 0.15) is 45.1 Å². The van der Waals surface area contributed by atoms with Crippen LogP contribution in [0.15, 0.2) is 63.4 Å². The lowest BCUT2D eigenvalue weighted by atomic mass is 9.97. The normalized spacial score (nSPS) is 17.2. The molecule has 0 unspecified atom stereocenters. The van der Waals surface area contributed by atoms with Crippen LogP contribution in [0.3, 0.4) is 0 Å². The fraction of sp³-hybridized carbons (Fsp3) is 0.429. The van der Waals surface area contributed by atoms with Gasteiger partial charge in [-0.15, -0.1) is 0 Å². The summed E-state index contributed by atoms with van der Waals surface area (Å²) in [5.41, 5.74) is 17.7. The maximum Gasteiger partial charge on any atom is 0.307 e. The summed E-state index contributed by atoms with van der Waals surface area (Å²) in [5, 5.41) is 0. The number of likely N-dealkylation sites (tertiary alicyclic amines) is 2. The lowest BCUT2D eigenvalue weighted by Crippen LogP contribution is -2.50. The van der Waals surface area contributed by atoms with Gasteiger partial charge in [0.25, 0.3) is 0 Å². The van der Waals surface area contributed by atoms with Crippen LogP contribution in [0.4, 0.5) is 23.4 Å². The van der Waals surface area contributed by atoms with Crippen LogP contribution >= 0.6 is 0 Å². The molecule has 0 bridgehead atoms. The standard InChI is InChI=1S/C35H43N7O4/c1-3-43-30-20-23(21-31(32(30)37)44-4-2)22-40-16-12-24(13-17-40)41-18-14-25(15-19-41)42(34-38-27-9-5-6-10-28(27)45-34)35-39-33-26(36)8-7-11-29(33)46-35/h5-11,20-21,24-25H,3-4,12-19,22,36-37H2,1-2H3. The molecule has 2 saturated heterocycles. The highest BCUT2D eigenvalue weighted by Crippen LogP contribution is 2.37. The molecule has 5 aromatic rings. The molecule has 11 heteroatoms. The zero-order valence-electron chi connectivity index (χ0n) is 26.7. The van der Waals surface area contributed by atoms with Crippen LogP contribution < -0.4 is 25.8 Å². The number of benzene rings is 3. The van der Waals surface area contributed by atoms with Crippen molar-refractivity contribution in [3.8, 4) is 11.5 Å². The van der Waals surface area contributed by atoms with Gasteiger partial charge in [0.05, 0.1) is 18.9 Å². The maximum atomic E-state index is 6.30. The Hall–Kier alpha value is -4.48. The highest BCUT2D eigenvalue weighted by Gasteiger charge is 2.35. The Morgan fingerprint density at radius 2 is 1.46 bits per heavy atom. The molecule has 0 spiro atoms. The topological polar surface area (TPSA) is 132 Å². The summed E-state index contributed by atoms with van der Waals surface area (Å²) in [6.45, 7) is 9.99. The van der Waals surface area contributed by atoms with Gasteiger partial charge in [-0.25, -0.2) is 4.90 Å². The molecule has 2 fully saturated rings. The first-order valence-corrected chi connectivity index (χ1v) is 16.4. The Bertz CT molecular complexity index is 1730. The molecular formula is C35H43N7O4. The van der Waals surface area contributed by atoms with Crippen molar-refractivity contribution in [1.29, 1.82) is 0 Å². The van der Waals surface area contributed by atoms with Crippen LogP contribution in [-0.2, 0) is 6.54 Å². The van der Waals surface area contributed by atoms with E-state index in [1.54, 1.807) is 0 Å². The Labute approximate surface area is 269 Å². The third kappa shape index (κ3) is 6.04. The van der Waals surface area contributed by atoms with Gasteiger partial charge in [-0.05, 0) is 94.6 Å². The summed E-state index contributed by atoms with van der Waals surface area (Å²) in [6.07, 6.45) is 4.16. The van der Waals surface area contributed by atoms with Crippen molar-refractivity contribution >= 4 is 45.6 Å². The average molecular weight is 626 g/mol. The van der Waals surface area contributed by atoms with Gasteiger partial charge in [-0.3, -0.25) is 4.90 Å². The number of aromatic nitrogens is 2. The van der Waals surface area contributed by atoms with Crippen molar-refractivity contribution in [2.24, 2.45) is 0 Å². The predicted molar refractivity (Wildman–Crippen MR) is 181 cm³/mol. The molecule has 46 heavy (non-hydrogen) atoms. The second kappa shape index (κ2) is 13.1. The van der Waals surface area contributed by atoms with Gasteiger partial charge in [0.15, 0.2) is 11.2 Å². The van der Waals surface area contributed by atoms with E-state index in [1.165, 1.54) is 5.56 Å². The van der Waals surface area contributed by atoms with E-state index < -0.39 is 0 Å².